The standard InChI is InChI=1S/C21H18ClN3O2/c1-13-3-6-16(22)11-20(13)25-21(27)19-10-9-18(12-23-19)24-17-7-4-15(5-8-17)14(2)26/h3-12,24H,1-2H3,(H,25,27). The lowest BCUT2D eigenvalue weighted by molar-refractivity contribution is 0.101. The van der Waals surface area contributed by atoms with Gasteiger partial charge in [0.15, 0.2) is 5.78 Å². The van der Waals surface area contributed by atoms with Gasteiger partial charge in [0.2, 0.25) is 0 Å². The summed E-state index contributed by atoms with van der Waals surface area (Å²) in [5.74, 6) is -0.286. The third kappa shape index (κ3) is 4.71. The van der Waals surface area contributed by atoms with Gasteiger partial charge < -0.3 is 10.6 Å². The molecule has 0 radical (unpaired) electrons. The van der Waals surface area contributed by atoms with Crippen molar-refractivity contribution >= 4 is 40.4 Å². The molecule has 0 atom stereocenters. The summed E-state index contributed by atoms with van der Waals surface area (Å²) in [4.78, 5) is 27.9. The SMILES string of the molecule is CC(=O)c1ccc(Nc2ccc(C(=O)Nc3cc(Cl)ccc3C)nc2)cc1. The number of amides is 1. The number of Topliss-reactive ketones (excluding diaryl/α,β-unsaturated/α-hetero) is 1. The molecule has 1 aromatic heterocycles. The fraction of sp³-hybridized carbons (Fsp3) is 0.0952. The summed E-state index contributed by atoms with van der Waals surface area (Å²) < 4.78 is 0. The third-order valence-electron chi connectivity index (χ3n) is 4.02. The van der Waals surface area contributed by atoms with E-state index in [1.54, 1.807) is 42.6 Å². The lowest BCUT2D eigenvalue weighted by Gasteiger charge is -2.10. The number of aryl methyl sites for hydroxylation is 1. The molecule has 0 aliphatic heterocycles. The molecule has 1 amide bonds. The summed E-state index contributed by atoms with van der Waals surface area (Å²) in [5.41, 5.74) is 4.09. The largest absolute Gasteiger partial charge is 0.354 e. The summed E-state index contributed by atoms with van der Waals surface area (Å²) in [6, 6.07) is 15.9. The Balaban J connectivity index is 1.68. The zero-order valence-electron chi connectivity index (χ0n) is 14.9. The summed E-state index contributed by atoms with van der Waals surface area (Å²) in [5, 5.41) is 6.55. The topological polar surface area (TPSA) is 71.1 Å². The van der Waals surface area contributed by atoms with Crippen molar-refractivity contribution in [2.24, 2.45) is 0 Å². The van der Waals surface area contributed by atoms with E-state index in [-0.39, 0.29) is 11.7 Å². The minimum atomic E-state index is -0.308. The van der Waals surface area contributed by atoms with Crippen molar-refractivity contribution in [3.63, 3.8) is 0 Å². The molecule has 27 heavy (non-hydrogen) atoms. The number of carbonyl (C=O) groups is 2. The second kappa shape index (κ2) is 8.01. The molecule has 0 unspecified atom stereocenters. The summed E-state index contributed by atoms with van der Waals surface area (Å²) >= 11 is 5.98. The van der Waals surface area contributed by atoms with E-state index in [2.05, 4.69) is 15.6 Å². The van der Waals surface area contributed by atoms with E-state index in [4.69, 9.17) is 11.6 Å². The Labute approximate surface area is 162 Å². The molecule has 0 fully saturated rings. The van der Waals surface area contributed by atoms with Crippen molar-refractivity contribution in [1.82, 2.24) is 4.98 Å². The number of nitrogens with one attached hydrogen (secondary N) is 2. The molecule has 136 valence electrons. The van der Waals surface area contributed by atoms with E-state index in [0.717, 1.165) is 16.9 Å². The van der Waals surface area contributed by atoms with Crippen LogP contribution in [0.2, 0.25) is 5.02 Å². The van der Waals surface area contributed by atoms with Crippen LogP contribution in [0, 0.1) is 6.92 Å². The first-order valence-corrected chi connectivity index (χ1v) is 8.72. The van der Waals surface area contributed by atoms with Crippen LogP contribution in [0.15, 0.2) is 60.8 Å². The van der Waals surface area contributed by atoms with Gasteiger partial charge >= 0.3 is 0 Å². The Bertz CT molecular complexity index is 983. The number of anilines is 3. The minimum absolute atomic E-state index is 0.0218. The van der Waals surface area contributed by atoms with Gasteiger partial charge in [-0.1, -0.05) is 17.7 Å². The quantitative estimate of drug-likeness (QED) is 0.594. The maximum Gasteiger partial charge on any atom is 0.274 e. The molecule has 5 nitrogen and oxygen atoms in total. The van der Waals surface area contributed by atoms with E-state index in [1.807, 2.05) is 25.1 Å². The molecule has 1 heterocycles. The fourth-order valence-electron chi connectivity index (χ4n) is 2.47. The van der Waals surface area contributed by atoms with Gasteiger partial charge in [-0.05, 0) is 67.9 Å². The lowest BCUT2D eigenvalue weighted by atomic mass is 10.1. The van der Waals surface area contributed by atoms with Crippen LogP contribution in [0.5, 0.6) is 0 Å². The van der Waals surface area contributed by atoms with Gasteiger partial charge in [-0.3, -0.25) is 9.59 Å². The highest BCUT2D eigenvalue weighted by Gasteiger charge is 2.10. The predicted octanol–water partition coefficient (Wildman–Crippen LogP) is 5.24. The van der Waals surface area contributed by atoms with Crippen molar-refractivity contribution in [3.05, 3.63) is 82.6 Å². The van der Waals surface area contributed by atoms with Crippen LogP contribution in [0.25, 0.3) is 0 Å². The Morgan fingerprint density at radius 2 is 1.67 bits per heavy atom. The molecule has 0 saturated heterocycles. The second-order valence-electron chi connectivity index (χ2n) is 6.10. The van der Waals surface area contributed by atoms with Crippen LogP contribution in [-0.4, -0.2) is 16.7 Å². The van der Waals surface area contributed by atoms with E-state index < -0.39 is 0 Å². The van der Waals surface area contributed by atoms with E-state index in [0.29, 0.717) is 22.0 Å². The van der Waals surface area contributed by atoms with Crippen molar-refractivity contribution in [2.75, 3.05) is 10.6 Å². The van der Waals surface area contributed by atoms with Crippen LogP contribution < -0.4 is 10.6 Å². The summed E-state index contributed by atoms with van der Waals surface area (Å²) in [6.07, 6.45) is 1.58. The smallest absolute Gasteiger partial charge is 0.274 e. The van der Waals surface area contributed by atoms with Crippen LogP contribution >= 0.6 is 11.6 Å². The Morgan fingerprint density at radius 1 is 0.963 bits per heavy atom. The number of halogens is 1. The molecule has 6 heteroatoms. The maximum absolute atomic E-state index is 12.4. The highest BCUT2D eigenvalue weighted by atomic mass is 35.5. The number of nitrogens with zero attached hydrogens (tertiary/aromatic N) is 1. The zero-order chi connectivity index (χ0) is 19.4. The second-order valence-corrected chi connectivity index (χ2v) is 6.54. The van der Waals surface area contributed by atoms with Crippen molar-refractivity contribution in [2.45, 2.75) is 13.8 Å². The Kier molecular flexibility index (Phi) is 5.52. The van der Waals surface area contributed by atoms with E-state index in [1.165, 1.54) is 6.92 Å². The molecular formula is C21H18ClN3O2. The molecule has 0 aliphatic rings. The van der Waals surface area contributed by atoms with Crippen molar-refractivity contribution < 1.29 is 9.59 Å². The first kappa shape index (κ1) is 18.6. The molecule has 0 spiro atoms. The van der Waals surface area contributed by atoms with Gasteiger partial charge in [0.05, 0.1) is 11.9 Å². The number of benzene rings is 2. The Morgan fingerprint density at radius 3 is 2.30 bits per heavy atom. The first-order valence-electron chi connectivity index (χ1n) is 8.34. The Hall–Kier alpha value is -3.18. The molecule has 0 saturated carbocycles. The van der Waals surface area contributed by atoms with E-state index in [9.17, 15) is 9.59 Å². The van der Waals surface area contributed by atoms with Crippen LogP contribution in [0.4, 0.5) is 17.1 Å². The molecular weight excluding hydrogens is 362 g/mol. The van der Waals surface area contributed by atoms with Crippen LogP contribution in [0.3, 0.4) is 0 Å². The summed E-state index contributed by atoms with van der Waals surface area (Å²) in [6.45, 7) is 3.42. The molecule has 3 aromatic rings. The molecule has 0 aliphatic carbocycles. The van der Waals surface area contributed by atoms with Crippen LogP contribution in [0.1, 0.15) is 33.3 Å². The van der Waals surface area contributed by atoms with Crippen molar-refractivity contribution in [3.8, 4) is 0 Å². The maximum atomic E-state index is 12.4. The minimum Gasteiger partial charge on any atom is -0.354 e. The van der Waals surface area contributed by atoms with Gasteiger partial charge in [-0.2, -0.15) is 0 Å². The van der Waals surface area contributed by atoms with Gasteiger partial charge in [0.1, 0.15) is 5.69 Å². The van der Waals surface area contributed by atoms with E-state index >= 15 is 0 Å². The van der Waals surface area contributed by atoms with Gasteiger partial charge in [0.25, 0.3) is 5.91 Å². The van der Waals surface area contributed by atoms with Crippen molar-refractivity contribution in [1.29, 1.82) is 0 Å². The fourth-order valence-corrected chi connectivity index (χ4v) is 2.64. The number of aromatic nitrogens is 1. The number of hydrogen-bond donors (Lipinski definition) is 2. The van der Waals surface area contributed by atoms with Gasteiger partial charge in [-0.25, -0.2) is 4.98 Å². The lowest BCUT2D eigenvalue weighted by Crippen LogP contribution is -2.14. The molecule has 2 N–H and O–H groups in total. The number of carbonyl (C=O) groups excluding carboxylic acids is 2. The average molecular weight is 380 g/mol. The first-order chi connectivity index (χ1) is 12.9. The highest BCUT2D eigenvalue weighted by molar-refractivity contribution is 6.31. The number of pyridine rings is 1. The summed E-state index contributed by atoms with van der Waals surface area (Å²) in [7, 11) is 0. The number of rotatable bonds is 5. The zero-order valence-corrected chi connectivity index (χ0v) is 15.7. The molecule has 0 bridgehead atoms. The average Bonchev–Trinajstić information content (AvgIpc) is 2.65. The van der Waals surface area contributed by atoms with Crippen LogP contribution in [-0.2, 0) is 0 Å². The molecule has 3 rings (SSSR count). The van der Waals surface area contributed by atoms with Gasteiger partial charge in [0, 0.05) is 22.0 Å². The normalized spacial score (nSPS) is 10.3. The third-order valence-corrected chi connectivity index (χ3v) is 4.26. The predicted molar refractivity (Wildman–Crippen MR) is 108 cm³/mol. The van der Waals surface area contributed by atoms with Gasteiger partial charge in [-0.15, -0.1) is 0 Å². The number of ketones is 1. The number of hydrogen-bond acceptors (Lipinski definition) is 4. The highest BCUT2D eigenvalue weighted by Crippen LogP contribution is 2.21. The monoisotopic (exact) mass is 379 g/mol. The molecule has 2 aromatic carbocycles.